The fourth-order valence-electron chi connectivity index (χ4n) is 4.59. The molecule has 0 aliphatic carbocycles. The first-order valence-electron chi connectivity index (χ1n) is 12.9. The van der Waals surface area contributed by atoms with Gasteiger partial charge in [0.1, 0.15) is 10.9 Å². The zero-order chi connectivity index (χ0) is 27.3. The van der Waals surface area contributed by atoms with E-state index in [1.807, 2.05) is 30.3 Å². The molecule has 0 aliphatic rings. The molecule has 6 aromatic rings. The van der Waals surface area contributed by atoms with Crippen molar-refractivity contribution in [2.45, 2.75) is 24.5 Å². The van der Waals surface area contributed by atoms with Crippen molar-refractivity contribution in [3.05, 3.63) is 162 Å². The Labute approximate surface area is 253 Å². The molecule has 0 aliphatic heterocycles. The minimum atomic E-state index is -0.342. The van der Waals surface area contributed by atoms with Crippen molar-refractivity contribution in [2.24, 2.45) is 0 Å². The lowest BCUT2D eigenvalue weighted by Crippen LogP contribution is -2.05. The molecule has 0 nitrogen and oxygen atoms in total. The van der Waals surface area contributed by atoms with Crippen LogP contribution in [0.2, 0.25) is 10.0 Å². The summed E-state index contributed by atoms with van der Waals surface area (Å²) in [6.45, 7) is 0. The third-order valence-electron chi connectivity index (χ3n) is 6.56. The summed E-state index contributed by atoms with van der Waals surface area (Å²) in [6, 6.07) is 52.8. The number of hydrogen-bond donors (Lipinski definition) is 0. The summed E-state index contributed by atoms with van der Waals surface area (Å²) in [4.78, 5) is 5.75. The van der Waals surface area contributed by atoms with Crippen LogP contribution in [-0.4, -0.2) is 0 Å². The molecule has 0 fully saturated rings. The highest BCUT2D eigenvalue weighted by Crippen LogP contribution is 2.40. The fourth-order valence-corrected chi connectivity index (χ4v) is 8.19. The van der Waals surface area contributed by atoms with Crippen LogP contribution >= 0.6 is 35.0 Å². The van der Waals surface area contributed by atoms with E-state index >= 15 is 0 Å². The van der Waals surface area contributed by atoms with Crippen LogP contribution in [0.25, 0.3) is 22.3 Å². The summed E-state index contributed by atoms with van der Waals surface area (Å²) in [6.07, 6.45) is 0. The van der Waals surface area contributed by atoms with Crippen LogP contribution in [0.3, 0.4) is 0 Å². The number of hydrogen-bond acceptors (Lipinski definition) is 1. The van der Waals surface area contributed by atoms with Gasteiger partial charge in [-0.2, -0.15) is 0 Å². The van der Waals surface area contributed by atoms with Gasteiger partial charge in [0.25, 0.3) is 0 Å². The minimum absolute atomic E-state index is 0.342. The standard InChI is InChI=1S/C36H25Cl2S2/c37-33-24-28(26-10-4-1-5-11-26)16-22-35(33)39-30-18-20-32(21-19-30)40(31-14-8-3-9-15-31)36-23-17-29(25-34(36)38)27-12-6-2-7-13-27/h1-25H/q+1. The van der Waals surface area contributed by atoms with Crippen molar-refractivity contribution >= 4 is 45.9 Å². The molecular weight excluding hydrogens is 567 g/mol. The maximum atomic E-state index is 6.98. The smallest absolute Gasteiger partial charge is 0.0885 e. The Balaban J connectivity index is 1.29. The summed E-state index contributed by atoms with van der Waals surface area (Å²) in [5, 5.41) is 1.53. The van der Waals surface area contributed by atoms with Crippen LogP contribution in [0, 0.1) is 0 Å². The largest absolute Gasteiger partial charge is 0.185 e. The molecule has 6 rings (SSSR count). The zero-order valence-electron chi connectivity index (χ0n) is 21.5. The molecule has 0 saturated heterocycles. The predicted octanol–water partition coefficient (Wildman–Crippen LogP) is 11.6. The van der Waals surface area contributed by atoms with Crippen LogP contribution in [0.15, 0.2) is 176 Å². The Kier molecular flexibility index (Phi) is 8.32. The molecule has 1 unspecified atom stereocenters. The molecule has 194 valence electrons. The maximum Gasteiger partial charge on any atom is 0.185 e. The van der Waals surface area contributed by atoms with Gasteiger partial charge >= 0.3 is 0 Å². The average molecular weight is 593 g/mol. The van der Waals surface area contributed by atoms with Gasteiger partial charge in [-0.05, 0) is 89.0 Å². The molecule has 0 bridgehead atoms. The van der Waals surface area contributed by atoms with E-state index in [9.17, 15) is 0 Å². The topological polar surface area (TPSA) is 0 Å². The van der Waals surface area contributed by atoms with Crippen LogP contribution in [0.4, 0.5) is 0 Å². The van der Waals surface area contributed by atoms with Gasteiger partial charge in [-0.3, -0.25) is 0 Å². The summed E-state index contributed by atoms with van der Waals surface area (Å²) in [7, 11) is -0.342. The minimum Gasteiger partial charge on any atom is -0.0885 e. The van der Waals surface area contributed by atoms with Crippen molar-refractivity contribution in [3.8, 4) is 22.3 Å². The second-order valence-corrected chi connectivity index (χ2v) is 13.1. The second kappa shape index (κ2) is 12.4. The summed E-state index contributed by atoms with van der Waals surface area (Å²) in [5.41, 5.74) is 4.56. The SMILES string of the molecule is Clc1cc(-c2ccccc2)ccc1Sc1ccc([S+](c2ccccc2)c2ccc(-c3ccccc3)cc2Cl)cc1. The molecule has 0 N–H and O–H groups in total. The van der Waals surface area contributed by atoms with Gasteiger partial charge in [0, 0.05) is 9.79 Å². The normalized spacial score (nSPS) is 11.8. The van der Waals surface area contributed by atoms with E-state index in [2.05, 4.69) is 121 Å². The van der Waals surface area contributed by atoms with E-state index in [4.69, 9.17) is 23.2 Å². The first-order valence-corrected chi connectivity index (χ1v) is 15.7. The van der Waals surface area contributed by atoms with Crippen molar-refractivity contribution in [2.75, 3.05) is 0 Å². The summed E-state index contributed by atoms with van der Waals surface area (Å²) in [5.74, 6) is 0. The molecule has 0 spiro atoms. The Morgan fingerprint density at radius 3 is 1.48 bits per heavy atom. The number of benzene rings is 6. The van der Waals surface area contributed by atoms with Crippen molar-refractivity contribution in [1.29, 1.82) is 0 Å². The molecule has 40 heavy (non-hydrogen) atoms. The maximum absolute atomic E-state index is 6.98. The molecule has 0 heterocycles. The van der Waals surface area contributed by atoms with Crippen LogP contribution in [-0.2, 0) is 10.9 Å². The molecule has 0 aromatic heterocycles. The third-order valence-corrected chi connectivity index (χ3v) is 10.8. The lowest BCUT2D eigenvalue weighted by atomic mass is 10.1. The van der Waals surface area contributed by atoms with Gasteiger partial charge in [0.2, 0.25) is 0 Å². The first-order chi connectivity index (χ1) is 19.7. The van der Waals surface area contributed by atoms with E-state index in [0.29, 0.717) is 0 Å². The highest BCUT2D eigenvalue weighted by molar-refractivity contribution is 7.99. The first kappa shape index (κ1) is 26.8. The predicted molar refractivity (Wildman–Crippen MR) is 173 cm³/mol. The Bertz CT molecular complexity index is 1720. The molecule has 1 atom stereocenters. The molecular formula is C36H25Cl2S2+. The highest BCUT2D eigenvalue weighted by atomic mass is 35.5. The highest BCUT2D eigenvalue weighted by Gasteiger charge is 2.31. The van der Waals surface area contributed by atoms with Crippen molar-refractivity contribution in [1.82, 2.24) is 0 Å². The van der Waals surface area contributed by atoms with Gasteiger partial charge in [0.15, 0.2) is 14.7 Å². The quantitative estimate of drug-likeness (QED) is 0.166. The van der Waals surface area contributed by atoms with Crippen molar-refractivity contribution in [3.63, 3.8) is 0 Å². The summed E-state index contributed by atoms with van der Waals surface area (Å²) >= 11 is 15.4. The van der Waals surface area contributed by atoms with Crippen LogP contribution < -0.4 is 0 Å². The monoisotopic (exact) mass is 591 g/mol. The van der Waals surface area contributed by atoms with Gasteiger partial charge in [0.05, 0.1) is 10.0 Å². The summed E-state index contributed by atoms with van der Waals surface area (Å²) < 4.78 is 0. The van der Waals surface area contributed by atoms with Gasteiger partial charge in [-0.15, -0.1) is 0 Å². The lowest BCUT2D eigenvalue weighted by Gasteiger charge is -2.12. The molecule has 0 saturated carbocycles. The van der Waals surface area contributed by atoms with Gasteiger partial charge < -0.3 is 0 Å². The molecule has 6 aromatic carbocycles. The van der Waals surface area contributed by atoms with E-state index in [1.165, 1.54) is 9.79 Å². The molecule has 0 radical (unpaired) electrons. The number of halogens is 2. The Hall–Kier alpha value is -3.40. The zero-order valence-corrected chi connectivity index (χ0v) is 24.7. The number of rotatable bonds is 7. The Morgan fingerprint density at radius 1 is 0.425 bits per heavy atom. The van der Waals surface area contributed by atoms with E-state index in [0.717, 1.165) is 47.0 Å². The molecule has 4 heteroatoms. The third kappa shape index (κ3) is 6.01. The fraction of sp³-hybridized carbons (Fsp3) is 0. The van der Waals surface area contributed by atoms with E-state index in [1.54, 1.807) is 11.8 Å². The second-order valence-electron chi connectivity index (χ2n) is 9.22. The van der Waals surface area contributed by atoms with Crippen LogP contribution in [0.1, 0.15) is 0 Å². The van der Waals surface area contributed by atoms with Gasteiger partial charge in [-0.1, -0.05) is 120 Å². The van der Waals surface area contributed by atoms with Crippen molar-refractivity contribution < 1.29 is 0 Å². The average Bonchev–Trinajstić information content (AvgIpc) is 3.01. The van der Waals surface area contributed by atoms with Crippen LogP contribution in [0.5, 0.6) is 0 Å². The molecule has 0 amide bonds. The van der Waals surface area contributed by atoms with E-state index < -0.39 is 0 Å². The lowest BCUT2D eigenvalue weighted by molar-refractivity contribution is 1.28. The van der Waals surface area contributed by atoms with Gasteiger partial charge in [-0.25, -0.2) is 0 Å². The Morgan fingerprint density at radius 2 is 0.925 bits per heavy atom. The van der Waals surface area contributed by atoms with E-state index in [-0.39, 0.29) is 10.9 Å².